The molecule has 116 valence electrons. The van der Waals surface area contributed by atoms with Crippen LogP contribution in [0, 0.1) is 6.92 Å². The van der Waals surface area contributed by atoms with Gasteiger partial charge in [-0.05, 0) is 39.1 Å². The number of thiophene rings is 1. The largest absolute Gasteiger partial charge is 0.355 e. The van der Waals surface area contributed by atoms with Crippen molar-refractivity contribution in [1.29, 1.82) is 0 Å². The van der Waals surface area contributed by atoms with Gasteiger partial charge in [-0.2, -0.15) is 5.10 Å². The Morgan fingerprint density at radius 1 is 1.36 bits per heavy atom. The summed E-state index contributed by atoms with van der Waals surface area (Å²) in [6, 6.07) is 5.81. The second kappa shape index (κ2) is 5.24. The molecule has 6 nitrogen and oxygen atoms in total. The minimum absolute atomic E-state index is 0.134. The summed E-state index contributed by atoms with van der Waals surface area (Å²) in [6.45, 7) is 8.04. The Morgan fingerprint density at radius 3 is 2.73 bits per heavy atom. The number of rotatable bonds is 3. The lowest BCUT2D eigenvalue weighted by Crippen LogP contribution is -2.36. The van der Waals surface area contributed by atoms with Gasteiger partial charge in [0.05, 0.1) is 17.0 Å². The van der Waals surface area contributed by atoms with E-state index in [1.165, 1.54) is 4.68 Å². The second-order valence-electron chi connectivity index (χ2n) is 6.16. The van der Waals surface area contributed by atoms with Crippen LogP contribution in [0.15, 0.2) is 32.9 Å². The molecule has 3 aromatic rings. The Balaban J connectivity index is 1.91. The zero-order valence-corrected chi connectivity index (χ0v) is 13.8. The molecule has 0 spiro atoms. The summed E-state index contributed by atoms with van der Waals surface area (Å²) < 4.78 is 8.47. The molecule has 0 aliphatic carbocycles. The maximum Gasteiger partial charge on any atom is 0.346 e. The second-order valence-corrected chi connectivity index (χ2v) is 7.11. The van der Waals surface area contributed by atoms with Crippen molar-refractivity contribution >= 4 is 11.3 Å². The molecule has 7 heteroatoms. The van der Waals surface area contributed by atoms with E-state index >= 15 is 0 Å². The van der Waals surface area contributed by atoms with E-state index in [-0.39, 0.29) is 11.2 Å². The minimum Gasteiger partial charge on any atom is -0.355 e. The molecule has 0 saturated heterocycles. The number of nitrogens with zero attached hydrogens (tertiary/aromatic N) is 4. The van der Waals surface area contributed by atoms with Crippen LogP contribution in [0.25, 0.3) is 10.6 Å². The van der Waals surface area contributed by atoms with Crippen LogP contribution in [-0.4, -0.2) is 19.5 Å². The molecule has 0 bridgehead atoms. The summed E-state index contributed by atoms with van der Waals surface area (Å²) >= 11 is 1.59. The van der Waals surface area contributed by atoms with Crippen LogP contribution in [-0.2, 0) is 12.1 Å². The monoisotopic (exact) mass is 318 g/mol. The Morgan fingerprint density at radius 2 is 2.14 bits per heavy atom. The van der Waals surface area contributed by atoms with Gasteiger partial charge in [0, 0.05) is 6.07 Å². The third-order valence-corrected chi connectivity index (χ3v) is 4.21. The van der Waals surface area contributed by atoms with Crippen LogP contribution in [0.3, 0.4) is 0 Å². The van der Waals surface area contributed by atoms with E-state index in [0.29, 0.717) is 18.1 Å². The van der Waals surface area contributed by atoms with Gasteiger partial charge >= 0.3 is 5.69 Å². The smallest absolute Gasteiger partial charge is 0.346 e. The van der Waals surface area contributed by atoms with E-state index in [1.807, 2.05) is 51.3 Å². The zero-order valence-electron chi connectivity index (χ0n) is 13.0. The predicted molar refractivity (Wildman–Crippen MR) is 85.1 cm³/mol. The van der Waals surface area contributed by atoms with Crippen molar-refractivity contribution in [1.82, 2.24) is 19.5 Å². The van der Waals surface area contributed by atoms with Gasteiger partial charge in [0.15, 0.2) is 5.76 Å². The first-order valence-corrected chi connectivity index (χ1v) is 7.90. The minimum atomic E-state index is -0.348. The van der Waals surface area contributed by atoms with E-state index in [1.54, 1.807) is 15.9 Å². The highest BCUT2D eigenvalue weighted by Crippen LogP contribution is 2.25. The van der Waals surface area contributed by atoms with Gasteiger partial charge in [-0.15, -0.1) is 11.3 Å². The first-order valence-electron chi connectivity index (χ1n) is 7.02. The van der Waals surface area contributed by atoms with Gasteiger partial charge in [-0.3, -0.25) is 4.57 Å². The summed E-state index contributed by atoms with van der Waals surface area (Å²) in [5.41, 5.74) is 0.228. The Kier molecular flexibility index (Phi) is 3.52. The summed E-state index contributed by atoms with van der Waals surface area (Å²) in [4.78, 5) is 13.5. The lowest BCUT2D eigenvalue weighted by molar-refractivity contribution is 0.340. The molecule has 3 heterocycles. The average Bonchev–Trinajstić information content (AvgIpc) is 3.13. The Bertz CT molecular complexity index is 834. The van der Waals surface area contributed by atoms with Crippen molar-refractivity contribution in [2.24, 2.45) is 0 Å². The van der Waals surface area contributed by atoms with Crippen molar-refractivity contribution in [3.05, 3.63) is 45.6 Å². The lowest BCUT2D eigenvalue weighted by Gasteiger charge is -2.16. The summed E-state index contributed by atoms with van der Waals surface area (Å²) in [6.07, 6.45) is 0. The molecule has 22 heavy (non-hydrogen) atoms. The molecule has 3 rings (SSSR count). The fraction of sp³-hybridized carbons (Fsp3) is 0.400. The van der Waals surface area contributed by atoms with Gasteiger partial charge in [0.1, 0.15) is 11.5 Å². The Hall–Kier alpha value is -2.15. The average molecular weight is 318 g/mol. The molecule has 0 aliphatic heterocycles. The van der Waals surface area contributed by atoms with Gasteiger partial charge in [-0.25, -0.2) is 9.48 Å². The Labute approximate surface area is 132 Å². The fourth-order valence-electron chi connectivity index (χ4n) is 2.20. The summed E-state index contributed by atoms with van der Waals surface area (Å²) in [5.74, 6) is 1.39. The molecular formula is C15H18N4O2S. The molecule has 3 aromatic heterocycles. The number of aryl methyl sites for hydroxylation is 1. The normalized spacial score (nSPS) is 12.0. The number of aromatic nitrogens is 4. The van der Waals surface area contributed by atoms with Crippen LogP contribution in [0.5, 0.6) is 0 Å². The van der Waals surface area contributed by atoms with Crippen LogP contribution >= 0.6 is 11.3 Å². The highest BCUT2D eigenvalue weighted by atomic mass is 32.1. The maximum absolute atomic E-state index is 12.5. The first kappa shape index (κ1) is 14.8. The van der Waals surface area contributed by atoms with Crippen molar-refractivity contribution in [2.45, 2.75) is 39.8 Å². The summed E-state index contributed by atoms with van der Waals surface area (Å²) in [7, 11) is 0. The topological polar surface area (TPSA) is 65.8 Å². The summed E-state index contributed by atoms with van der Waals surface area (Å²) in [5, 5.41) is 10.4. The SMILES string of the molecule is Cc1nn(C(C)(C)C)c(=O)n1Cc1cc(-c2cccs2)on1. The van der Waals surface area contributed by atoms with E-state index in [9.17, 15) is 4.79 Å². The van der Waals surface area contributed by atoms with Crippen LogP contribution in [0.1, 0.15) is 32.3 Å². The molecule has 0 N–H and O–H groups in total. The lowest BCUT2D eigenvalue weighted by atomic mass is 10.1. The van der Waals surface area contributed by atoms with Crippen molar-refractivity contribution in [2.75, 3.05) is 0 Å². The zero-order chi connectivity index (χ0) is 15.9. The highest BCUT2D eigenvalue weighted by Gasteiger charge is 2.21. The molecular weight excluding hydrogens is 300 g/mol. The third kappa shape index (κ3) is 2.64. The van der Waals surface area contributed by atoms with Crippen molar-refractivity contribution in [3.8, 4) is 10.6 Å². The van der Waals surface area contributed by atoms with Crippen LogP contribution < -0.4 is 5.69 Å². The van der Waals surface area contributed by atoms with Gasteiger partial charge in [-0.1, -0.05) is 11.2 Å². The highest BCUT2D eigenvalue weighted by molar-refractivity contribution is 7.13. The van der Waals surface area contributed by atoms with Crippen molar-refractivity contribution < 1.29 is 4.52 Å². The number of hydrogen-bond acceptors (Lipinski definition) is 5. The predicted octanol–water partition coefficient (Wildman–Crippen LogP) is 2.87. The van der Waals surface area contributed by atoms with E-state index in [0.717, 1.165) is 10.6 Å². The maximum atomic E-state index is 12.5. The van der Waals surface area contributed by atoms with E-state index < -0.39 is 0 Å². The number of hydrogen-bond donors (Lipinski definition) is 0. The van der Waals surface area contributed by atoms with Crippen LogP contribution in [0.2, 0.25) is 0 Å². The molecule has 0 fully saturated rings. The third-order valence-electron chi connectivity index (χ3n) is 3.33. The van der Waals surface area contributed by atoms with E-state index in [2.05, 4.69) is 10.3 Å². The molecule has 0 aliphatic rings. The van der Waals surface area contributed by atoms with E-state index in [4.69, 9.17) is 4.52 Å². The molecule has 0 aromatic carbocycles. The van der Waals surface area contributed by atoms with Gasteiger partial charge < -0.3 is 4.52 Å². The first-order chi connectivity index (χ1) is 10.4. The molecule has 0 saturated carbocycles. The van der Waals surface area contributed by atoms with Gasteiger partial charge in [0.2, 0.25) is 0 Å². The van der Waals surface area contributed by atoms with Crippen molar-refractivity contribution in [3.63, 3.8) is 0 Å². The molecule has 0 amide bonds. The van der Waals surface area contributed by atoms with Gasteiger partial charge in [0.25, 0.3) is 0 Å². The van der Waals surface area contributed by atoms with Crippen LogP contribution in [0.4, 0.5) is 0 Å². The molecule has 0 atom stereocenters. The molecule has 0 unspecified atom stereocenters. The fourth-order valence-corrected chi connectivity index (χ4v) is 2.87. The molecule has 0 radical (unpaired) electrons. The quantitative estimate of drug-likeness (QED) is 0.745. The standard InChI is InChI=1S/C15H18N4O2S/c1-10-16-19(15(2,3)4)14(20)18(10)9-11-8-12(21-17-11)13-6-5-7-22-13/h5-8H,9H2,1-4H3.